The average molecular weight is 602 g/mol. The summed E-state index contributed by atoms with van der Waals surface area (Å²) in [6, 6.07) is 8.04. The van der Waals surface area contributed by atoms with Crippen LogP contribution in [0.1, 0.15) is 67.8 Å². The first-order valence-corrected chi connectivity index (χ1v) is 13.1. The van der Waals surface area contributed by atoms with Crippen molar-refractivity contribution < 1.29 is 73.8 Å². The number of nitrogens with zero attached hydrogens (tertiary/aromatic N) is 3. The number of methoxy groups -OCH3 is 1. The van der Waals surface area contributed by atoms with Gasteiger partial charge in [0.05, 0.1) is 31.4 Å². The predicted molar refractivity (Wildman–Crippen MR) is 145 cm³/mol. The molecule has 1 aromatic heterocycles. The Bertz CT molecular complexity index is 1390. The number of aromatic nitrogens is 2. The normalized spacial score (nSPS) is 12.5. The van der Waals surface area contributed by atoms with Crippen LogP contribution in [0.4, 0.5) is 13.2 Å². The SMILES string of the molecule is COc1ccc(CN(C)C(=O)c2nn(-c3ccc(F)cc3)c(CCC(O)CC(O)CC(=O)O)c2C(C)C)c(F)c1F.[H-].[Na+]. The molecule has 1 amide bonds. The standard InChI is InChI=1S/C29H34F3N3O6.Na.H/c1-16(2)25-22(11-10-20(36)13-21(37)14-24(38)39)35(19-8-6-18(30)7-9-19)33-28(25)29(40)34(3)15-17-5-12-23(41-4)27(32)26(17)31;;/h5-9,12,16,20-21,36-37H,10-11,13-15H2,1-4H3,(H,38,39);;/q;+1;-1. The van der Waals surface area contributed by atoms with Gasteiger partial charge in [-0.05, 0) is 55.5 Å². The largest absolute Gasteiger partial charge is 1.00 e. The summed E-state index contributed by atoms with van der Waals surface area (Å²) in [7, 11) is 2.64. The van der Waals surface area contributed by atoms with E-state index in [0.717, 1.165) is 0 Å². The maximum atomic E-state index is 14.6. The summed E-state index contributed by atoms with van der Waals surface area (Å²) in [6.07, 6.45) is -2.64. The number of rotatable bonds is 13. The molecule has 13 heteroatoms. The van der Waals surface area contributed by atoms with E-state index >= 15 is 0 Å². The summed E-state index contributed by atoms with van der Waals surface area (Å²) in [5, 5.41) is 33.8. The van der Waals surface area contributed by atoms with Crippen molar-refractivity contribution in [2.75, 3.05) is 14.2 Å². The number of aliphatic carboxylic acids is 1. The van der Waals surface area contributed by atoms with Gasteiger partial charge in [0.1, 0.15) is 5.82 Å². The number of halogens is 3. The predicted octanol–water partition coefficient (Wildman–Crippen LogP) is 1.33. The van der Waals surface area contributed by atoms with Crippen molar-refractivity contribution in [1.82, 2.24) is 14.7 Å². The minimum absolute atomic E-state index is 0. The summed E-state index contributed by atoms with van der Waals surface area (Å²) >= 11 is 0. The average Bonchev–Trinajstić information content (AvgIpc) is 3.29. The Morgan fingerprint density at radius 2 is 1.69 bits per heavy atom. The van der Waals surface area contributed by atoms with Crippen molar-refractivity contribution >= 4 is 11.9 Å². The van der Waals surface area contributed by atoms with E-state index in [1.54, 1.807) is 0 Å². The van der Waals surface area contributed by atoms with Gasteiger partial charge in [0, 0.05) is 30.4 Å². The molecule has 1 heterocycles. The minimum Gasteiger partial charge on any atom is -1.00 e. The number of carboxylic acids is 1. The molecular weight excluding hydrogens is 566 g/mol. The Morgan fingerprint density at radius 1 is 1.05 bits per heavy atom. The van der Waals surface area contributed by atoms with E-state index in [2.05, 4.69) is 5.10 Å². The molecule has 0 radical (unpaired) electrons. The third-order valence-electron chi connectivity index (χ3n) is 6.64. The number of benzene rings is 2. The van der Waals surface area contributed by atoms with Gasteiger partial charge in [-0.2, -0.15) is 9.49 Å². The molecule has 0 bridgehead atoms. The first-order valence-electron chi connectivity index (χ1n) is 13.1. The molecule has 2 atom stereocenters. The topological polar surface area (TPSA) is 125 Å². The van der Waals surface area contributed by atoms with Crippen LogP contribution in [0, 0.1) is 17.5 Å². The Kier molecular flexibility index (Phi) is 13.1. The van der Waals surface area contributed by atoms with Gasteiger partial charge in [0.15, 0.2) is 17.3 Å². The van der Waals surface area contributed by atoms with Gasteiger partial charge in [-0.15, -0.1) is 0 Å². The number of aliphatic hydroxyl groups is 2. The van der Waals surface area contributed by atoms with Gasteiger partial charge >= 0.3 is 35.5 Å². The van der Waals surface area contributed by atoms with Crippen LogP contribution in [0.25, 0.3) is 5.69 Å². The van der Waals surface area contributed by atoms with Gasteiger partial charge in [0.25, 0.3) is 5.91 Å². The number of hydrogen-bond acceptors (Lipinski definition) is 6. The van der Waals surface area contributed by atoms with Gasteiger partial charge in [0.2, 0.25) is 5.82 Å². The van der Waals surface area contributed by atoms with Crippen LogP contribution >= 0.6 is 0 Å². The van der Waals surface area contributed by atoms with Crippen LogP contribution in [0.15, 0.2) is 36.4 Å². The van der Waals surface area contributed by atoms with Crippen LogP contribution in [-0.2, 0) is 17.8 Å². The number of carbonyl (C=O) groups is 2. The van der Waals surface area contributed by atoms with E-state index < -0.39 is 48.0 Å². The summed E-state index contributed by atoms with van der Waals surface area (Å²) in [5.41, 5.74) is 1.54. The number of hydrogen-bond donors (Lipinski definition) is 3. The fourth-order valence-electron chi connectivity index (χ4n) is 4.65. The zero-order chi connectivity index (χ0) is 30.4. The van der Waals surface area contributed by atoms with Crippen LogP contribution in [0.5, 0.6) is 5.75 Å². The van der Waals surface area contributed by atoms with E-state index in [-0.39, 0.29) is 79.7 Å². The van der Waals surface area contributed by atoms with Gasteiger partial charge in [-0.25, -0.2) is 13.5 Å². The fourth-order valence-corrected chi connectivity index (χ4v) is 4.65. The molecule has 0 aliphatic carbocycles. The molecule has 0 spiro atoms. The summed E-state index contributed by atoms with van der Waals surface area (Å²) in [6.45, 7) is 3.43. The monoisotopic (exact) mass is 601 g/mol. The number of ether oxygens (including phenoxy) is 1. The molecular formula is C29H35F3N3NaO6. The Morgan fingerprint density at radius 3 is 2.26 bits per heavy atom. The molecule has 0 saturated carbocycles. The fraction of sp³-hybridized carbons (Fsp3) is 0.414. The Balaban J connectivity index is 0.00000462. The summed E-state index contributed by atoms with van der Waals surface area (Å²) in [5.74, 6) is -5.03. The quantitative estimate of drug-likeness (QED) is 0.253. The van der Waals surface area contributed by atoms with E-state index in [0.29, 0.717) is 16.9 Å². The van der Waals surface area contributed by atoms with E-state index in [1.165, 1.54) is 60.1 Å². The molecule has 0 saturated heterocycles. The molecule has 42 heavy (non-hydrogen) atoms. The number of carbonyl (C=O) groups excluding carboxylic acids is 1. The van der Waals surface area contributed by atoms with Crippen LogP contribution < -0.4 is 34.3 Å². The molecule has 224 valence electrons. The molecule has 2 unspecified atom stereocenters. The molecule has 3 aromatic rings. The first kappa shape index (κ1) is 35.3. The van der Waals surface area contributed by atoms with Gasteiger partial charge in [-0.1, -0.05) is 19.9 Å². The first-order chi connectivity index (χ1) is 19.3. The Labute approximate surface area is 265 Å². The molecule has 0 aliphatic rings. The van der Waals surface area contributed by atoms with Gasteiger partial charge in [-0.3, -0.25) is 9.59 Å². The smallest absolute Gasteiger partial charge is 1.00 e. The number of amides is 1. The van der Waals surface area contributed by atoms with E-state index in [9.17, 15) is 33.0 Å². The van der Waals surface area contributed by atoms with Crippen molar-refractivity contribution in [3.8, 4) is 11.4 Å². The molecule has 2 aromatic carbocycles. The molecule has 0 aliphatic heterocycles. The van der Waals surface area contributed by atoms with Crippen LogP contribution in [0.2, 0.25) is 0 Å². The zero-order valence-electron chi connectivity index (χ0n) is 25.3. The second kappa shape index (κ2) is 15.5. The Hall–Kier alpha value is -2.90. The third-order valence-corrected chi connectivity index (χ3v) is 6.64. The summed E-state index contributed by atoms with van der Waals surface area (Å²) in [4.78, 5) is 25.7. The molecule has 3 rings (SSSR count). The zero-order valence-corrected chi connectivity index (χ0v) is 26.3. The van der Waals surface area contributed by atoms with Crippen molar-refractivity contribution in [3.63, 3.8) is 0 Å². The van der Waals surface area contributed by atoms with Crippen LogP contribution in [-0.4, -0.2) is 68.2 Å². The number of aliphatic hydroxyl groups excluding tert-OH is 2. The second-order valence-corrected chi connectivity index (χ2v) is 10.1. The van der Waals surface area contributed by atoms with Crippen molar-refractivity contribution in [2.45, 2.75) is 64.2 Å². The van der Waals surface area contributed by atoms with E-state index in [1.807, 2.05) is 13.8 Å². The van der Waals surface area contributed by atoms with Crippen LogP contribution in [0.3, 0.4) is 0 Å². The van der Waals surface area contributed by atoms with Gasteiger partial charge < -0.3 is 26.4 Å². The maximum absolute atomic E-state index is 14.6. The maximum Gasteiger partial charge on any atom is 1.00 e. The second-order valence-electron chi connectivity index (χ2n) is 10.1. The van der Waals surface area contributed by atoms with Crippen molar-refractivity contribution in [1.29, 1.82) is 0 Å². The van der Waals surface area contributed by atoms with E-state index in [4.69, 9.17) is 9.84 Å². The molecule has 3 N–H and O–H groups in total. The van der Waals surface area contributed by atoms with Crippen molar-refractivity contribution in [2.24, 2.45) is 0 Å². The molecule has 9 nitrogen and oxygen atoms in total. The summed E-state index contributed by atoms with van der Waals surface area (Å²) < 4.78 is 48.8. The minimum atomic E-state index is -1.23. The van der Waals surface area contributed by atoms with Crippen molar-refractivity contribution in [3.05, 3.63) is 76.4 Å². The molecule has 0 fully saturated rings. The number of carboxylic acid groups (broad SMARTS) is 1. The third kappa shape index (κ3) is 8.57.